The Hall–Kier alpha value is -2.99. The van der Waals surface area contributed by atoms with Gasteiger partial charge in [0, 0.05) is 6.07 Å². The monoisotopic (exact) mass is 386 g/mol. The third-order valence-electron chi connectivity index (χ3n) is 4.15. The largest absolute Gasteiger partial charge is 0.496 e. The van der Waals surface area contributed by atoms with Gasteiger partial charge in [0.1, 0.15) is 5.75 Å². The molecule has 7 heteroatoms. The molecule has 0 aliphatic rings. The summed E-state index contributed by atoms with van der Waals surface area (Å²) in [6, 6.07) is 8.91. The number of hydrogen-bond donors (Lipinski definition) is 1. The number of ether oxygens (including phenoxy) is 3. The fourth-order valence-corrected chi connectivity index (χ4v) is 3.00. The van der Waals surface area contributed by atoms with E-state index < -0.39 is 0 Å². The van der Waals surface area contributed by atoms with Gasteiger partial charge in [0.2, 0.25) is 0 Å². The highest BCUT2D eigenvalue weighted by atomic mass is 35.5. The van der Waals surface area contributed by atoms with Gasteiger partial charge < -0.3 is 19.2 Å². The van der Waals surface area contributed by atoms with Crippen molar-refractivity contribution < 1.29 is 14.2 Å². The number of fused-ring (bicyclic) bond motifs is 1. The minimum absolute atomic E-state index is 0.273. The lowest BCUT2D eigenvalue weighted by Gasteiger charge is -2.09. The van der Waals surface area contributed by atoms with E-state index in [1.54, 1.807) is 25.3 Å². The van der Waals surface area contributed by atoms with Crippen molar-refractivity contribution >= 4 is 33.6 Å². The van der Waals surface area contributed by atoms with Gasteiger partial charge in [0.25, 0.3) is 5.56 Å². The number of H-pyrrole nitrogens is 1. The number of methoxy groups -OCH3 is 3. The van der Waals surface area contributed by atoms with Crippen molar-refractivity contribution in [3.05, 3.63) is 57.6 Å². The standard InChI is InChI=1S/C20H19ClN2O4/c1-11-7-12(5-6-16(11)25-2)8-14(21)19-22-15-10-18(27-4)17(26-3)9-13(15)20(24)23-19/h5-10H,1-4H3,(H,22,23,24)/b14-8-. The lowest BCUT2D eigenvalue weighted by atomic mass is 10.1. The zero-order valence-electron chi connectivity index (χ0n) is 15.4. The number of hydrogen-bond acceptors (Lipinski definition) is 5. The third kappa shape index (κ3) is 3.75. The summed E-state index contributed by atoms with van der Waals surface area (Å²) in [4.78, 5) is 19.6. The number of rotatable bonds is 5. The van der Waals surface area contributed by atoms with E-state index in [-0.39, 0.29) is 11.4 Å². The van der Waals surface area contributed by atoms with Crippen LogP contribution >= 0.6 is 11.6 Å². The normalized spacial score (nSPS) is 11.5. The number of nitrogens with zero attached hydrogens (tertiary/aromatic N) is 1. The van der Waals surface area contributed by atoms with Gasteiger partial charge in [-0.1, -0.05) is 17.7 Å². The van der Waals surface area contributed by atoms with E-state index in [1.807, 2.05) is 25.1 Å². The lowest BCUT2D eigenvalue weighted by Crippen LogP contribution is -2.11. The zero-order chi connectivity index (χ0) is 19.6. The molecule has 3 rings (SSSR count). The van der Waals surface area contributed by atoms with Gasteiger partial charge in [0.15, 0.2) is 17.3 Å². The third-order valence-corrected chi connectivity index (χ3v) is 4.44. The van der Waals surface area contributed by atoms with Crippen LogP contribution in [-0.2, 0) is 0 Å². The molecule has 0 saturated carbocycles. The maximum Gasteiger partial charge on any atom is 0.259 e. The molecule has 0 saturated heterocycles. The first kappa shape index (κ1) is 18.8. The highest BCUT2D eigenvalue weighted by Gasteiger charge is 2.12. The molecule has 0 fully saturated rings. The second-order valence-electron chi connectivity index (χ2n) is 5.86. The predicted octanol–water partition coefficient (Wildman–Crippen LogP) is 3.99. The van der Waals surface area contributed by atoms with Crippen molar-refractivity contribution in [1.29, 1.82) is 0 Å². The van der Waals surface area contributed by atoms with E-state index in [0.717, 1.165) is 16.9 Å². The smallest absolute Gasteiger partial charge is 0.259 e. The van der Waals surface area contributed by atoms with Crippen molar-refractivity contribution in [3.63, 3.8) is 0 Å². The van der Waals surface area contributed by atoms with Crippen LogP contribution in [0.1, 0.15) is 17.0 Å². The Morgan fingerprint density at radius 1 is 1.04 bits per heavy atom. The van der Waals surface area contributed by atoms with Crippen molar-refractivity contribution in [2.75, 3.05) is 21.3 Å². The maximum atomic E-state index is 12.5. The topological polar surface area (TPSA) is 73.4 Å². The summed E-state index contributed by atoms with van der Waals surface area (Å²) in [5, 5.41) is 0.703. The maximum absolute atomic E-state index is 12.5. The summed E-state index contributed by atoms with van der Waals surface area (Å²) >= 11 is 6.41. The van der Waals surface area contributed by atoms with E-state index in [2.05, 4.69) is 9.97 Å². The summed E-state index contributed by atoms with van der Waals surface area (Å²) < 4.78 is 15.8. The van der Waals surface area contributed by atoms with Gasteiger partial charge in [-0.15, -0.1) is 0 Å². The van der Waals surface area contributed by atoms with Crippen LogP contribution in [0.2, 0.25) is 0 Å². The summed E-state index contributed by atoms with van der Waals surface area (Å²) in [7, 11) is 4.66. The lowest BCUT2D eigenvalue weighted by molar-refractivity contribution is 0.355. The highest BCUT2D eigenvalue weighted by molar-refractivity contribution is 6.50. The second kappa shape index (κ2) is 7.72. The molecular formula is C20H19ClN2O4. The van der Waals surface area contributed by atoms with Gasteiger partial charge in [-0.25, -0.2) is 4.98 Å². The number of benzene rings is 2. The van der Waals surface area contributed by atoms with Gasteiger partial charge in [-0.3, -0.25) is 4.79 Å². The average molecular weight is 387 g/mol. The zero-order valence-corrected chi connectivity index (χ0v) is 16.2. The van der Waals surface area contributed by atoms with Crippen LogP contribution in [0.4, 0.5) is 0 Å². The average Bonchev–Trinajstić information content (AvgIpc) is 2.67. The van der Waals surface area contributed by atoms with Gasteiger partial charge in [0.05, 0.1) is 37.3 Å². The number of nitrogens with one attached hydrogen (secondary N) is 1. The van der Waals surface area contributed by atoms with Gasteiger partial charge in [-0.2, -0.15) is 0 Å². The Balaban J connectivity index is 2.08. The van der Waals surface area contributed by atoms with Gasteiger partial charge in [-0.05, 0) is 42.3 Å². The molecule has 0 amide bonds. The molecule has 1 N–H and O–H groups in total. The predicted molar refractivity (Wildman–Crippen MR) is 107 cm³/mol. The molecule has 0 radical (unpaired) electrons. The summed E-state index contributed by atoms with van der Waals surface area (Å²) in [6.45, 7) is 1.94. The first-order chi connectivity index (χ1) is 13.0. The number of aromatic nitrogens is 2. The van der Waals surface area contributed by atoms with Crippen molar-refractivity contribution in [2.45, 2.75) is 6.92 Å². The van der Waals surface area contributed by atoms with Crippen LogP contribution in [0.15, 0.2) is 35.1 Å². The summed E-state index contributed by atoms with van der Waals surface area (Å²) in [6.07, 6.45) is 1.73. The minimum atomic E-state index is -0.312. The molecule has 6 nitrogen and oxygen atoms in total. The number of aromatic amines is 1. The van der Waals surface area contributed by atoms with Crippen LogP contribution in [0.25, 0.3) is 22.0 Å². The van der Waals surface area contributed by atoms with E-state index in [1.165, 1.54) is 14.2 Å². The minimum Gasteiger partial charge on any atom is -0.496 e. The van der Waals surface area contributed by atoms with Gasteiger partial charge >= 0.3 is 0 Å². The molecule has 0 spiro atoms. The molecule has 140 valence electrons. The Bertz CT molecular complexity index is 1090. The number of aryl methyl sites for hydroxylation is 1. The van der Waals surface area contributed by atoms with Crippen LogP contribution in [0.5, 0.6) is 17.2 Å². The highest BCUT2D eigenvalue weighted by Crippen LogP contribution is 2.31. The Morgan fingerprint density at radius 3 is 2.33 bits per heavy atom. The quantitative estimate of drug-likeness (QED) is 0.717. The van der Waals surface area contributed by atoms with E-state index >= 15 is 0 Å². The number of halogens is 1. The molecule has 0 unspecified atom stereocenters. The van der Waals surface area contributed by atoms with Crippen LogP contribution in [0.3, 0.4) is 0 Å². The molecule has 27 heavy (non-hydrogen) atoms. The Labute approximate surface area is 161 Å². The van der Waals surface area contributed by atoms with Crippen LogP contribution in [-0.4, -0.2) is 31.3 Å². The first-order valence-electron chi connectivity index (χ1n) is 8.15. The van der Waals surface area contributed by atoms with Crippen LogP contribution < -0.4 is 19.8 Å². The molecule has 0 aliphatic heterocycles. The Kier molecular flexibility index (Phi) is 5.37. The van der Waals surface area contributed by atoms with Crippen molar-refractivity contribution in [3.8, 4) is 17.2 Å². The Morgan fingerprint density at radius 2 is 1.70 bits per heavy atom. The molecule has 3 aromatic rings. The summed E-state index contributed by atoms with van der Waals surface area (Å²) in [5.74, 6) is 2.01. The fourth-order valence-electron chi connectivity index (χ4n) is 2.79. The summed E-state index contributed by atoms with van der Waals surface area (Å²) in [5.41, 5.74) is 2.00. The van der Waals surface area contributed by atoms with E-state index in [4.69, 9.17) is 25.8 Å². The second-order valence-corrected chi connectivity index (χ2v) is 6.27. The molecule has 1 aromatic heterocycles. The molecule has 2 aromatic carbocycles. The van der Waals surface area contributed by atoms with E-state index in [0.29, 0.717) is 27.4 Å². The molecule has 0 aliphatic carbocycles. The molecule has 1 heterocycles. The molecule has 0 bridgehead atoms. The fraction of sp³-hybridized carbons (Fsp3) is 0.200. The van der Waals surface area contributed by atoms with Crippen molar-refractivity contribution in [2.24, 2.45) is 0 Å². The van der Waals surface area contributed by atoms with Crippen molar-refractivity contribution in [1.82, 2.24) is 9.97 Å². The van der Waals surface area contributed by atoms with E-state index in [9.17, 15) is 4.79 Å². The molecule has 0 atom stereocenters. The first-order valence-corrected chi connectivity index (χ1v) is 8.53. The SMILES string of the molecule is COc1ccc(/C=C(\Cl)c2nc3cc(OC)c(OC)cc3c(=O)[nH]2)cc1C. The molecular weight excluding hydrogens is 368 g/mol. The van der Waals surface area contributed by atoms with Crippen LogP contribution in [0, 0.1) is 6.92 Å².